The summed E-state index contributed by atoms with van der Waals surface area (Å²) in [4.78, 5) is 12.1. The van der Waals surface area contributed by atoms with Gasteiger partial charge >= 0.3 is 0 Å². The van der Waals surface area contributed by atoms with Gasteiger partial charge in [-0.1, -0.05) is 31.2 Å². The van der Waals surface area contributed by atoms with Gasteiger partial charge in [-0.15, -0.1) is 0 Å². The molecule has 0 fully saturated rings. The summed E-state index contributed by atoms with van der Waals surface area (Å²) in [6.45, 7) is 2.77. The van der Waals surface area contributed by atoms with Gasteiger partial charge in [0.1, 0.15) is 0 Å². The molecule has 0 saturated carbocycles. The van der Waals surface area contributed by atoms with E-state index >= 15 is 0 Å². The molecule has 2 aromatic rings. The Balaban J connectivity index is 1.80. The van der Waals surface area contributed by atoms with Crippen molar-refractivity contribution >= 4 is 23.4 Å². The second-order valence-electron chi connectivity index (χ2n) is 5.08. The summed E-state index contributed by atoms with van der Waals surface area (Å²) < 4.78 is 0. The van der Waals surface area contributed by atoms with E-state index in [1.54, 1.807) is 0 Å². The van der Waals surface area contributed by atoms with Crippen molar-refractivity contribution in [1.82, 2.24) is 5.32 Å². The number of nitrogens with two attached hydrogens (primary N) is 1. The lowest BCUT2D eigenvalue weighted by atomic mass is 10.1. The smallest absolute Gasteiger partial charge is 0.251 e. The summed E-state index contributed by atoms with van der Waals surface area (Å²) in [6.07, 6.45) is 0.803. The van der Waals surface area contributed by atoms with Crippen LogP contribution in [0.4, 0.5) is 5.69 Å². The van der Waals surface area contributed by atoms with E-state index in [1.165, 1.54) is 11.1 Å². The average molecular weight is 314 g/mol. The lowest BCUT2D eigenvalue weighted by Crippen LogP contribution is -2.25. The van der Waals surface area contributed by atoms with E-state index in [9.17, 15) is 4.79 Å². The average Bonchev–Trinajstić information content (AvgIpc) is 2.55. The number of thioether (sulfide) groups is 1. The number of carbonyl (C=O) groups excluding carboxylic acids is 1. The first-order chi connectivity index (χ1) is 10.7. The minimum Gasteiger partial charge on any atom is -0.399 e. The maximum Gasteiger partial charge on any atom is 0.251 e. The van der Waals surface area contributed by atoms with E-state index in [0.29, 0.717) is 12.1 Å². The lowest BCUT2D eigenvalue weighted by molar-refractivity contribution is 0.0954. The molecule has 0 aromatic heterocycles. The fourth-order valence-corrected chi connectivity index (χ4v) is 2.71. The van der Waals surface area contributed by atoms with Crippen molar-refractivity contribution in [3.8, 4) is 0 Å². The number of carbonyl (C=O) groups is 1. The third-order valence-corrected chi connectivity index (χ3v) is 4.31. The molecule has 22 heavy (non-hydrogen) atoms. The Morgan fingerprint density at radius 2 is 1.68 bits per heavy atom. The van der Waals surface area contributed by atoms with Gasteiger partial charge < -0.3 is 11.1 Å². The van der Waals surface area contributed by atoms with Crippen molar-refractivity contribution in [1.29, 1.82) is 0 Å². The van der Waals surface area contributed by atoms with Crippen LogP contribution in [0.5, 0.6) is 0 Å². The molecule has 0 aliphatic carbocycles. The Morgan fingerprint density at radius 3 is 2.32 bits per heavy atom. The standard InChI is InChI=1S/C18H22N2OS/c1-2-22-13-15-3-7-16(8-4-15)18(21)20-12-11-14-5-9-17(19)10-6-14/h3-10H,2,11-13,19H2,1H3,(H,20,21). The number of anilines is 1. The number of hydrogen-bond acceptors (Lipinski definition) is 3. The predicted molar refractivity (Wildman–Crippen MR) is 95.2 cm³/mol. The quantitative estimate of drug-likeness (QED) is 0.769. The van der Waals surface area contributed by atoms with Crippen molar-refractivity contribution in [3.05, 3.63) is 65.2 Å². The van der Waals surface area contributed by atoms with Crippen LogP contribution in [-0.4, -0.2) is 18.2 Å². The zero-order valence-corrected chi connectivity index (χ0v) is 13.7. The summed E-state index contributed by atoms with van der Waals surface area (Å²) in [5.41, 5.74) is 9.54. The Labute approximate surface area is 136 Å². The first-order valence-electron chi connectivity index (χ1n) is 7.48. The molecule has 116 valence electrons. The number of hydrogen-bond donors (Lipinski definition) is 2. The van der Waals surface area contributed by atoms with Gasteiger partial charge in [0.15, 0.2) is 0 Å². The maximum absolute atomic E-state index is 12.1. The van der Waals surface area contributed by atoms with Crippen LogP contribution in [0.25, 0.3) is 0 Å². The highest BCUT2D eigenvalue weighted by Crippen LogP contribution is 2.12. The third-order valence-electron chi connectivity index (χ3n) is 3.37. The van der Waals surface area contributed by atoms with Gasteiger partial charge in [0.25, 0.3) is 5.91 Å². The van der Waals surface area contributed by atoms with Gasteiger partial charge in [0.2, 0.25) is 0 Å². The Kier molecular flexibility index (Phi) is 6.34. The summed E-state index contributed by atoms with van der Waals surface area (Å²) in [5, 5.41) is 2.95. The molecule has 0 bridgehead atoms. The van der Waals surface area contributed by atoms with Gasteiger partial charge in [-0.3, -0.25) is 4.79 Å². The number of rotatable bonds is 7. The van der Waals surface area contributed by atoms with E-state index in [2.05, 4.69) is 12.2 Å². The van der Waals surface area contributed by atoms with E-state index in [-0.39, 0.29) is 5.91 Å². The first-order valence-corrected chi connectivity index (χ1v) is 8.64. The molecule has 2 rings (SSSR count). The summed E-state index contributed by atoms with van der Waals surface area (Å²) in [7, 11) is 0. The molecule has 3 nitrogen and oxygen atoms in total. The number of nitrogens with one attached hydrogen (secondary N) is 1. The molecule has 0 spiro atoms. The van der Waals surface area contributed by atoms with Gasteiger partial charge in [0, 0.05) is 23.5 Å². The highest BCUT2D eigenvalue weighted by Gasteiger charge is 2.05. The minimum absolute atomic E-state index is 0.0230. The largest absolute Gasteiger partial charge is 0.399 e. The van der Waals surface area contributed by atoms with Gasteiger partial charge in [-0.05, 0) is 47.6 Å². The monoisotopic (exact) mass is 314 g/mol. The van der Waals surface area contributed by atoms with Crippen LogP contribution < -0.4 is 11.1 Å². The summed E-state index contributed by atoms with van der Waals surface area (Å²) in [5.74, 6) is 2.08. The highest BCUT2D eigenvalue weighted by molar-refractivity contribution is 7.98. The van der Waals surface area contributed by atoms with Gasteiger partial charge in [-0.25, -0.2) is 0 Å². The normalized spacial score (nSPS) is 10.4. The number of benzene rings is 2. The zero-order valence-electron chi connectivity index (χ0n) is 12.8. The lowest BCUT2D eigenvalue weighted by Gasteiger charge is -2.07. The van der Waals surface area contributed by atoms with Gasteiger partial charge in [-0.2, -0.15) is 11.8 Å². The van der Waals surface area contributed by atoms with Gasteiger partial charge in [0.05, 0.1) is 0 Å². The fraction of sp³-hybridized carbons (Fsp3) is 0.278. The topological polar surface area (TPSA) is 55.1 Å². The molecular weight excluding hydrogens is 292 g/mol. The molecule has 0 atom stereocenters. The van der Waals surface area contributed by atoms with E-state index in [0.717, 1.165) is 23.6 Å². The first kappa shape index (κ1) is 16.4. The third kappa shape index (κ3) is 5.11. The number of nitrogen functional groups attached to an aromatic ring is 1. The van der Waals surface area contributed by atoms with Crippen LogP contribution in [0.1, 0.15) is 28.4 Å². The zero-order chi connectivity index (χ0) is 15.8. The highest BCUT2D eigenvalue weighted by atomic mass is 32.2. The van der Waals surface area contributed by atoms with E-state index < -0.39 is 0 Å². The fourth-order valence-electron chi connectivity index (χ4n) is 2.08. The summed E-state index contributed by atoms with van der Waals surface area (Å²) in [6, 6.07) is 15.6. The van der Waals surface area contributed by atoms with Crippen LogP contribution in [0, 0.1) is 0 Å². The van der Waals surface area contributed by atoms with Crippen molar-refractivity contribution in [2.24, 2.45) is 0 Å². The molecule has 0 aliphatic rings. The second kappa shape index (κ2) is 8.49. The minimum atomic E-state index is -0.0230. The van der Waals surface area contributed by atoms with Crippen molar-refractivity contribution < 1.29 is 4.79 Å². The molecule has 2 aromatic carbocycles. The molecule has 0 saturated heterocycles. The molecule has 3 N–H and O–H groups in total. The molecule has 0 heterocycles. The molecule has 4 heteroatoms. The Bertz CT molecular complexity index is 593. The molecule has 0 aliphatic heterocycles. The van der Waals surface area contributed by atoms with Crippen LogP contribution in [-0.2, 0) is 12.2 Å². The Morgan fingerprint density at radius 1 is 1.05 bits per heavy atom. The summed E-state index contributed by atoms with van der Waals surface area (Å²) >= 11 is 1.88. The van der Waals surface area contributed by atoms with Crippen LogP contribution >= 0.6 is 11.8 Å². The van der Waals surface area contributed by atoms with Crippen LogP contribution in [0.15, 0.2) is 48.5 Å². The van der Waals surface area contributed by atoms with E-state index in [4.69, 9.17) is 5.73 Å². The molecule has 0 unspecified atom stereocenters. The molecule has 1 amide bonds. The van der Waals surface area contributed by atoms with Crippen molar-refractivity contribution in [3.63, 3.8) is 0 Å². The second-order valence-corrected chi connectivity index (χ2v) is 6.36. The van der Waals surface area contributed by atoms with Crippen molar-refractivity contribution in [2.45, 2.75) is 19.1 Å². The maximum atomic E-state index is 12.1. The molecular formula is C18H22N2OS. The number of amides is 1. The van der Waals surface area contributed by atoms with Crippen LogP contribution in [0.2, 0.25) is 0 Å². The van der Waals surface area contributed by atoms with Crippen LogP contribution in [0.3, 0.4) is 0 Å². The van der Waals surface area contributed by atoms with E-state index in [1.807, 2.05) is 60.3 Å². The SMILES string of the molecule is CCSCc1ccc(C(=O)NCCc2ccc(N)cc2)cc1. The molecule has 0 radical (unpaired) electrons. The van der Waals surface area contributed by atoms with Crippen molar-refractivity contribution in [2.75, 3.05) is 18.0 Å². The predicted octanol–water partition coefficient (Wildman–Crippen LogP) is 3.49. The Hall–Kier alpha value is -1.94.